The van der Waals surface area contributed by atoms with Gasteiger partial charge in [-0.25, -0.2) is 0 Å². The van der Waals surface area contributed by atoms with Gasteiger partial charge in [-0.3, -0.25) is 14.4 Å². The highest BCUT2D eigenvalue weighted by atomic mass is 16.7. The van der Waals surface area contributed by atoms with Gasteiger partial charge in [0.15, 0.2) is 28.8 Å². The van der Waals surface area contributed by atoms with Crippen molar-refractivity contribution in [2.24, 2.45) is 0 Å². The Morgan fingerprint density at radius 2 is 1.86 bits per heavy atom. The second-order valence-electron chi connectivity index (χ2n) is 10.2. The fourth-order valence-electron chi connectivity index (χ4n) is 5.02. The fourth-order valence-corrected chi connectivity index (χ4v) is 5.02. The molecular weight excluding hydrogens is 558 g/mol. The number of carbonyl (C=O) groups excluding carboxylic acids is 3. The molecule has 2 aliphatic rings. The van der Waals surface area contributed by atoms with Crippen molar-refractivity contribution < 1.29 is 42.5 Å². The Bertz CT molecular complexity index is 1420. The van der Waals surface area contributed by atoms with Crippen molar-refractivity contribution in [3.63, 3.8) is 0 Å². The van der Waals surface area contributed by atoms with Crippen LogP contribution in [0.4, 0.5) is 0 Å². The van der Waals surface area contributed by atoms with Gasteiger partial charge in [-0.15, -0.1) is 0 Å². The van der Waals surface area contributed by atoms with Crippen LogP contribution in [0.15, 0.2) is 59.2 Å². The van der Waals surface area contributed by atoms with E-state index in [1.165, 1.54) is 31.4 Å². The van der Waals surface area contributed by atoms with Gasteiger partial charge in [0.1, 0.15) is 0 Å². The summed E-state index contributed by atoms with van der Waals surface area (Å²) in [6.07, 6.45) is 3.05. The maximum Gasteiger partial charge on any atom is 0.287 e. The van der Waals surface area contributed by atoms with Crippen molar-refractivity contribution in [3.05, 3.63) is 71.7 Å². The molecule has 2 N–H and O–H groups in total. The summed E-state index contributed by atoms with van der Waals surface area (Å²) in [7, 11) is 3.03. The number of fused-ring (bicyclic) bond motifs is 1. The molecule has 12 nitrogen and oxygen atoms in total. The van der Waals surface area contributed by atoms with Crippen LogP contribution in [0.3, 0.4) is 0 Å². The fraction of sp³-hybridized carbons (Fsp3) is 0.387. The highest BCUT2D eigenvalue weighted by molar-refractivity contribution is 5.92. The molecule has 0 bridgehead atoms. The van der Waals surface area contributed by atoms with Crippen molar-refractivity contribution in [2.75, 3.05) is 40.7 Å². The van der Waals surface area contributed by atoms with E-state index in [-0.39, 0.29) is 50.0 Å². The van der Waals surface area contributed by atoms with Crippen molar-refractivity contribution in [1.29, 1.82) is 0 Å². The normalized spacial score (nSPS) is 15.9. The van der Waals surface area contributed by atoms with E-state index in [1.807, 2.05) is 6.07 Å². The first-order chi connectivity index (χ1) is 20.9. The van der Waals surface area contributed by atoms with Gasteiger partial charge in [0.05, 0.1) is 45.6 Å². The average Bonchev–Trinajstić information content (AvgIpc) is 3.82. The molecule has 0 radical (unpaired) electrons. The maximum atomic E-state index is 13.9. The third kappa shape index (κ3) is 7.58. The van der Waals surface area contributed by atoms with Crippen LogP contribution < -0.4 is 29.6 Å². The van der Waals surface area contributed by atoms with Gasteiger partial charge in [-0.05, 0) is 60.4 Å². The van der Waals surface area contributed by atoms with Crippen LogP contribution in [-0.2, 0) is 20.9 Å². The Hall–Kier alpha value is -4.71. The molecule has 0 aliphatic carbocycles. The summed E-state index contributed by atoms with van der Waals surface area (Å²) >= 11 is 0. The highest BCUT2D eigenvalue weighted by Crippen LogP contribution is 2.34. The minimum Gasteiger partial charge on any atom is -0.493 e. The SMILES string of the molecule is COc1ccc([C@@H](CC(=O)N(CC(=O)NC[C@@H]2CCCO2)Cc2ccc3c(c2)OCO3)NC(=O)c2ccco2)cc1OC. The minimum atomic E-state index is -0.779. The molecule has 0 spiro atoms. The van der Waals surface area contributed by atoms with Crippen molar-refractivity contribution in [1.82, 2.24) is 15.5 Å². The average molecular weight is 594 g/mol. The second-order valence-corrected chi connectivity index (χ2v) is 10.2. The van der Waals surface area contributed by atoms with Crippen LogP contribution >= 0.6 is 0 Å². The van der Waals surface area contributed by atoms with E-state index in [2.05, 4.69) is 10.6 Å². The standard InChI is InChI=1S/C31H35N3O9/c1-38-24-10-8-21(14-27(24)39-2)23(33-31(37)26-6-4-12-41-26)15-30(36)34(18-29(35)32-16-22-5-3-11-40-22)17-20-7-9-25-28(13-20)43-19-42-25/h4,6-10,12-14,22-23H,3,5,11,15-19H2,1-2H3,(H,32,35)(H,33,37)/t22-,23+/m0/s1. The van der Waals surface area contributed by atoms with Crippen LogP contribution in [0, 0.1) is 0 Å². The van der Waals surface area contributed by atoms with Gasteiger partial charge in [0, 0.05) is 19.7 Å². The van der Waals surface area contributed by atoms with Crippen molar-refractivity contribution in [3.8, 4) is 23.0 Å². The van der Waals surface area contributed by atoms with E-state index >= 15 is 0 Å². The van der Waals surface area contributed by atoms with E-state index in [0.29, 0.717) is 41.7 Å². The van der Waals surface area contributed by atoms with E-state index in [9.17, 15) is 14.4 Å². The van der Waals surface area contributed by atoms with Crippen LogP contribution in [0.5, 0.6) is 23.0 Å². The molecule has 1 saturated heterocycles. The number of hydrogen-bond acceptors (Lipinski definition) is 9. The zero-order valence-corrected chi connectivity index (χ0v) is 24.1. The molecule has 43 heavy (non-hydrogen) atoms. The van der Waals surface area contributed by atoms with Crippen LogP contribution in [-0.4, -0.2) is 69.4 Å². The summed E-state index contributed by atoms with van der Waals surface area (Å²) in [6.45, 7) is 1.11. The number of furan rings is 1. The number of carbonyl (C=O) groups is 3. The number of nitrogens with zero attached hydrogens (tertiary/aromatic N) is 1. The number of nitrogens with one attached hydrogen (secondary N) is 2. The molecule has 12 heteroatoms. The predicted molar refractivity (Wildman–Crippen MR) is 153 cm³/mol. The molecule has 0 saturated carbocycles. The molecule has 3 aromatic rings. The van der Waals surface area contributed by atoms with Crippen LogP contribution in [0.2, 0.25) is 0 Å². The molecular formula is C31H35N3O9. The van der Waals surface area contributed by atoms with Crippen LogP contribution in [0.25, 0.3) is 0 Å². The van der Waals surface area contributed by atoms with E-state index in [0.717, 1.165) is 18.4 Å². The summed E-state index contributed by atoms with van der Waals surface area (Å²) in [5.74, 6) is 1.07. The second kappa shape index (κ2) is 14.0. The highest BCUT2D eigenvalue weighted by Gasteiger charge is 2.27. The predicted octanol–water partition coefficient (Wildman–Crippen LogP) is 3.21. The van der Waals surface area contributed by atoms with E-state index in [4.69, 9.17) is 28.1 Å². The first-order valence-corrected chi connectivity index (χ1v) is 14.0. The molecule has 3 heterocycles. The van der Waals surface area contributed by atoms with Gasteiger partial charge < -0.3 is 43.6 Å². The summed E-state index contributed by atoms with van der Waals surface area (Å²) in [6, 6.07) is 12.9. The summed E-state index contributed by atoms with van der Waals surface area (Å²) in [5.41, 5.74) is 1.36. The van der Waals surface area contributed by atoms with E-state index < -0.39 is 11.9 Å². The van der Waals surface area contributed by atoms with Gasteiger partial charge >= 0.3 is 0 Å². The molecule has 1 aromatic heterocycles. The molecule has 228 valence electrons. The molecule has 3 amide bonds. The topological polar surface area (TPSA) is 138 Å². The molecule has 2 atom stereocenters. The van der Waals surface area contributed by atoms with Gasteiger partial charge in [-0.2, -0.15) is 0 Å². The molecule has 0 unspecified atom stereocenters. The van der Waals surface area contributed by atoms with Gasteiger partial charge in [-0.1, -0.05) is 12.1 Å². The number of ether oxygens (including phenoxy) is 5. The number of benzene rings is 2. The molecule has 1 fully saturated rings. The zero-order chi connectivity index (χ0) is 30.2. The lowest BCUT2D eigenvalue weighted by Crippen LogP contribution is -2.43. The van der Waals surface area contributed by atoms with Crippen LogP contribution in [0.1, 0.15) is 47.0 Å². The summed E-state index contributed by atoms with van der Waals surface area (Å²) in [5, 5.41) is 5.78. The third-order valence-corrected chi connectivity index (χ3v) is 7.29. The first-order valence-electron chi connectivity index (χ1n) is 14.0. The van der Waals surface area contributed by atoms with Gasteiger partial charge in [0.2, 0.25) is 18.6 Å². The lowest BCUT2D eigenvalue weighted by atomic mass is 10.0. The lowest BCUT2D eigenvalue weighted by molar-refractivity contribution is -0.137. The Morgan fingerprint density at radius 1 is 1.02 bits per heavy atom. The molecule has 2 aliphatic heterocycles. The Balaban J connectivity index is 1.37. The molecule has 5 rings (SSSR count). The summed E-state index contributed by atoms with van der Waals surface area (Å²) < 4.78 is 32.6. The number of amides is 3. The monoisotopic (exact) mass is 593 g/mol. The molecule has 2 aromatic carbocycles. The van der Waals surface area contributed by atoms with Gasteiger partial charge in [0.25, 0.3) is 5.91 Å². The third-order valence-electron chi connectivity index (χ3n) is 7.29. The number of rotatable bonds is 13. The Morgan fingerprint density at radius 3 is 2.60 bits per heavy atom. The zero-order valence-electron chi connectivity index (χ0n) is 24.1. The first kappa shape index (κ1) is 29.8. The number of hydrogen-bond donors (Lipinski definition) is 2. The van der Waals surface area contributed by atoms with Crippen molar-refractivity contribution in [2.45, 2.75) is 38.0 Å². The quantitative estimate of drug-likeness (QED) is 0.306. The minimum absolute atomic E-state index is 0.0341. The van der Waals surface area contributed by atoms with Crippen molar-refractivity contribution >= 4 is 17.7 Å². The smallest absolute Gasteiger partial charge is 0.287 e. The summed E-state index contributed by atoms with van der Waals surface area (Å²) in [4.78, 5) is 41.4. The Labute approximate surface area is 249 Å². The number of methoxy groups -OCH3 is 2. The lowest BCUT2D eigenvalue weighted by Gasteiger charge is -2.26. The Kier molecular flexibility index (Phi) is 9.67. The maximum absolute atomic E-state index is 13.9. The largest absolute Gasteiger partial charge is 0.493 e. The van der Waals surface area contributed by atoms with E-state index in [1.54, 1.807) is 36.4 Å².